The summed E-state index contributed by atoms with van der Waals surface area (Å²) in [5.41, 5.74) is 2.50. The first kappa shape index (κ1) is 19.0. The molecular weight excluding hydrogens is 338 g/mol. The number of ketones is 2. The quantitative estimate of drug-likeness (QED) is 0.727. The monoisotopic (exact) mass is 363 g/mol. The fourth-order valence-corrected chi connectivity index (χ4v) is 3.49. The molecule has 2 aromatic rings. The summed E-state index contributed by atoms with van der Waals surface area (Å²) >= 11 is 0. The summed E-state index contributed by atoms with van der Waals surface area (Å²) in [4.78, 5) is 39.0. The fourth-order valence-electron chi connectivity index (χ4n) is 3.49. The third kappa shape index (κ3) is 4.91. The Morgan fingerprint density at radius 3 is 2.11 bits per heavy atom. The second kappa shape index (κ2) is 8.76. The van der Waals surface area contributed by atoms with Crippen molar-refractivity contribution >= 4 is 17.5 Å². The molecule has 4 heteroatoms. The molecule has 0 aliphatic carbocycles. The first-order chi connectivity index (χ1) is 13.0. The van der Waals surface area contributed by atoms with Crippen LogP contribution in [0.3, 0.4) is 0 Å². The highest BCUT2D eigenvalue weighted by molar-refractivity contribution is 5.98. The van der Waals surface area contributed by atoms with Crippen LogP contribution in [-0.4, -0.2) is 35.5 Å². The zero-order valence-corrected chi connectivity index (χ0v) is 15.7. The number of carbonyl (C=O) groups is 3. The Morgan fingerprint density at radius 1 is 0.852 bits per heavy atom. The first-order valence-electron chi connectivity index (χ1n) is 9.51. The highest BCUT2D eigenvalue weighted by atomic mass is 16.2. The molecule has 0 aromatic heterocycles. The van der Waals surface area contributed by atoms with Gasteiger partial charge in [0.05, 0.1) is 0 Å². The van der Waals surface area contributed by atoms with E-state index in [9.17, 15) is 14.4 Å². The van der Waals surface area contributed by atoms with E-state index in [2.05, 4.69) is 0 Å². The Bertz CT molecular complexity index is 803. The van der Waals surface area contributed by atoms with Crippen LogP contribution >= 0.6 is 0 Å². The summed E-state index contributed by atoms with van der Waals surface area (Å²) in [6, 6.07) is 16.8. The molecule has 4 nitrogen and oxygen atoms in total. The van der Waals surface area contributed by atoms with E-state index in [1.165, 1.54) is 0 Å². The van der Waals surface area contributed by atoms with Crippen molar-refractivity contribution < 1.29 is 14.4 Å². The average molecular weight is 363 g/mol. The summed E-state index contributed by atoms with van der Waals surface area (Å²) in [7, 11) is 0. The maximum atomic E-state index is 12.5. The SMILES string of the molecule is Cc1ccc(C(=O)CCC(=O)N2CCC(C(=O)c3ccccc3)CC2)cc1. The molecule has 3 rings (SSSR count). The van der Waals surface area contributed by atoms with Gasteiger partial charge >= 0.3 is 0 Å². The maximum absolute atomic E-state index is 12.5. The third-order valence-corrected chi connectivity index (χ3v) is 5.22. The van der Waals surface area contributed by atoms with Crippen molar-refractivity contribution in [1.82, 2.24) is 4.90 Å². The summed E-state index contributed by atoms with van der Waals surface area (Å²) in [5, 5.41) is 0. The minimum Gasteiger partial charge on any atom is -0.343 e. The van der Waals surface area contributed by atoms with E-state index in [4.69, 9.17) is 0 Å². The lowest BCUT2D eigenvalue weighted by Crippen LogP contribution is -2.40. The summed E-state index contributed by atoms with van der Waals surface area (Å²) in [6.07, 6.45) is 1.82. The average Bonchev–Trinajstić information content (AvgIpc) is 2.72. The molecule has 1 aliphatic heterocycles. The number of nitrogens with zero attached hydrogens (tertiary/aromatic N) is 1. The van der Waals surface area contributed by atoms with Gasteiger partial charge in [0.15, 0.2) is 11.6 Å². The van der Waals surface area contributed by atoms with Gasteiger partial charge in [-0.15, -0.1) is 0 Å². The van der Waals surface area contributed by atoms with Gasteiger partial charge in [-0.05, 0) is 19.8 Å². The number of Topliss-reactive ketones (excluding diaryl/α,β-unsaturated/α-hetero) is 2. The Labute approximate surface area is 160 Å². The minimum absolute atomic E-state index is 0.000992. The summed E-state index contributed by atoms with van der Waals surface area (Å²) in [6.45, 7) is 3.14. The Morgan fingerprint density at radius 2 is 1.48 bits per heavy atom. The predicted octanol–water partition coefficient (Wildman–Crippen LogP) is 4.08. The van der Waals surface area contributed by atoms with Gasteiger partial charge in [-0.1, -0.05) is 60.2 Å². The van der Waals surface area contributed by atoms with E-state index in [-0.39, 0.29) is 36.2 Å². The Balaban J connectivity index is 1.46. The lowest BCUT2D eigenvalue weighted by Gasteiger charge is -2.31. The molecule has 0 radical (unpaired) electrons. The molecule has 0 atom stereocenters. The highest BCUT2D eigenvalue weighted by Crippen LogP contribution is 2.22. The molecule has 0 bridgehead atoms. The summed E-state index contributed by atoms with van der Waals surface area (Å²) < 4.78 is 0. The van der Waals surface area contributed by atoms with Crippen molar-refractivity contribution in [2.45, 2.75) is 32.6 Å². The Kier molecular flexibility index (Phi) is 6.17. The second-order valence-electron chi connectivity index (χ2n) is 7.17. The van der Waals surface area contributed by atoms with E-state index < -0.39 is 0 Å². The van der Waals surface area contributed by atoms with Crippen molar-refractivity contribution in [3.8, 4) is 0 Å². The molecule has 27 heavy (non-hydrogen) atoms. The van der Waals surface area contributed by atoms with Crippen LogP contribution in [0.5, 0.6) is 0 Å². The Hall–Kier alpha value is -2.75. The number of piperidine rings is 1. The van der Waals surface area contributed by atoms with Gasteiger partial charge in [0.1, 0.15) is 0 Å². The van der Waals surface area contributed by atoms with Gasteiger partial charge in [0.25, 0.3) is 0 Å². The largest absolute Gasteiger partial charge is 0.343 e. The fraction of sp³-hybridized carbons (Fsp3) is 0.348. The normalized spacial score (nSPS) is 14.8. The van der Waals surface area contributed by atoms with Crippen LogP contribution in [0.2, 0.25) is 0 Å². The molecular formula is C23H25NO3. The smallest absolute Gasteiger partial charge is 0.223 e. The van der Waals surface area contributed by atoms with Crippen LogP contribution in [0, 0.1) is 12.8 Å². The van der Waals surface area contributed by atoms with Crippen LogP contribution in [0.15, 0.2) is 54.6 Å². The van der Waals surface area contributed by atoms with Crippen LogP contribution in [0.1, 0.15) is 52.0 Å². The van der Waals surface area contributed by atoms with Crippen LogP contribution in [0.25, 0.3) is 0 Å². The van der Waals surface area contributed by atoms with E-state index >= 15 is 0 Å². The number of amides is 1. The third-order valence-electron chi connectivity index (χ3n) is 5.22. The molecule has 1 fully saturated rings. The van der Waals surface area contributed by atoms with Gasteiger partial charge in [-0.3, -0.25) is 14.4 Å². The second-order valence-corrected chi connectivity index (χ2v) is 7.17. The molecule has 0 saturated carbocycles. The van der Waals surface area contributed by atoms with Crippen LogP contribution in [0.4, 0.5) is 0 Å². The van der Waals surface area contributed by atoms with Gasteiger partial charge in [-0.2, -0.15) is 0 Å². The van der Waals surface area contributed by atoms with Crippen LogP contribution < -0.4 is 0 Å². The molecule has 2 aromatic carbocycles. The van der Waals surface area contributed by atoms with E-state index in [1.807, 2.05) is 61.5 Å². The lowest BCUT2D eigenvalue weighted by atomic mass is 9.88. The maximum Gasteiger partial charge on any atom is 0.223 e. The van der Waals surface area contributed by atoms with Crippen LogP contribution in [-0.2, 0) is 4.79 Å². The zero-order chi connectivity index (χ0) is 19.2. The van der Waals surface area contributed by atoms with E-state index in [0.717, 1.165) is 11.1 Å². The molecule has 1 heterocycles. The van der Waals surface area contributed by atoms with E-state index in [1.54, 1.807) is 4.90 Å². The van der Waals surface area contributed by atoms with Gasteiger partial charge in [-0.25, -0.2) is 0 Å². The van der Waals surface area contributed by atoms with Gasteiger partial charge in [0.2, 0.25) is 5.91 Å². The zero-order valence-electron chi connectivity index (χ0n) is 15.7. The minimum atomic E-state index is -0.0226. The molecule has 1 saturated heterocycles. The number of benzene rings is 2. The number of hydrogen-bond donors (Lipinski definition) is 0. The van der Waals surface area contributed by atoms with Crippen molar-refractivity contribution in [2.75, 3.05) is 13.1 Å². The van der Waals surface area contributed by atoms with E-state index in [0.29, 0.717) is 31.5 Å². The predicted molar refractivity (Wildman–Crippen MR) is 105 cm³/mol. The number of hydrogen-bond acceptors (Lipinski definition) is 3. The lowest BCUT2D eigenvalue weighted by molar-refractivity contribution is -0.132. The highest BCUT2D eigenvalue weighted by Gasteiger charge is 2.27. The molecule has 1 aliphatic rings. The number of likely N-dealkylation sites (tertiary alicyclic amines) is 1. The molecule has 0 spiro atoms. The number of aryl methyl sites for hydroxylation is 1. The molecule has 140 valence electrons. The molecule has 1 amide bonds. The van der Waals surface area contributed by atoms with Crippen molar-refractivity contribution in [3.05, 3.63) is 71.3 Å². The first-order valence-corrected chi connectivity index (χ1v) is 9.51. The van der Waals surface area contributed by atoms with Crippen molar-refractivity contribution in [1.29, 1.82) is 0 Å². The standard InChI is InChI=1S/C23H25NO3/c1-17-7-9-18(10-8-17)21(25)11-12-22(26)24-15-13-20(14-16-24)23(27)19-5-3-2-4-6-19/h2-10,20H,11-16H2,1H3. The van der Waals surface area contributed by atoms with Crippen molar-refractivity contribution in [2.24, 2.45) is 5.92 Å². The molecule has 0 N–H and O–H groups in total. The van der Waals surface area contributed by atoms with Gasteiger partial charge < -0.3 is 4.90 Å². The summed E-state index contributed by atoms with van der Waals surface area (Å²) in [5.74, 6) is 0.140. The topological polar surface area (TPSA) is 54.5 Å². The van der Waals surface area contributed by atoms with Crippen molar-refractivity contribution in [3.63, 3.8) is 0 Å². The number of carbonyl (C=O) groups excluding carboxylic acids is 3. The molecule has 0 unspecified atom stereocenters. The number of rotatable bonds is 6. The van der Waals surface area contributed by atoms with Gasteiger partial charge in [0, 0.05) is 43.0 Å².